The maximum Gasteiger partial charge on any atom is 0.282 e. The number of hydrogen-bond donors (Lipinski definition) is 0. The van der Waals surface area contributed by atoms with E-state index in [9.17, 15) is 8.42 Å². The van der Waals surface area contributed by atoms with Gasteiger partial charge in [-0.1, -0.05) is 0 Å². The third kappa shape index (κ3) is 3.91. The molecule has 2 saturated heterocycles. The van der Waals surface area contributed by atoms with Gasteiger partial charge in [0, 0.05) is 57.7 Å². The van der Waals surface area contributed by atoms with Crippen LogP contribution in [0.1, 0.15) is 25.3 Å². The van der Waals surface area contributed by atoms with E-state index in [0.717, 1.165) is 38.9 Å². The minimum absolute atomic E-state index is 0.143. The lowest BCUT2D eigenvalue weighted by atomic mass is 10.2. The molecule has 0 spiro atoms. The minimum Gasteiger partial charge on any atom is -0.300 e. The Balaban J connectivity index is 1.50. The van der Waals surface area contributed by atoms with E-state index in [1.54, 1.807) is 8.61 Å². The molecule has 2 fully saturated rings. The second kappa shape index (κ2) is 7.25. The number of rotatable bonds is 5. The van der Waals surface area contributed by atoms with Crippen LogP contribution in [0.25, 0.3) is 0 Å². The molecule has 2 aliphatic rings. The molecule has 1 aromatic heterocycles. The zero-order chi connectivity index (χ0) is 16.3. The molecule has 0 N–H and O–H groups in total. The van der Waals surface area contributed by atoms with Gasteiger partial charge in [0.2, 0.25) is 0 Å². The van der Waals surface area contributed by atoms with Crippen molar-refractivity contribution in [2.24, 2.45) is 0 Å². The van der Waals surface area contributed by atoms with E-state index in [1.165, 1.54) is 5.56 Å². The smallest absolute Gasteiger partial charge is 0.282 e. The van der Waals surface area contributed by atoms with E-state index in [1.807, 2.05) is 31.5 Å². The summed E-state index contributed by atoms with van der Waals surface area (Å²) in [6, 6.07) is 4.22. The van der Waals surface area contributed by atoms with Crippen LogP contribution in [0.5, 0.6) is 0 Å². The van der Waals surface area contributed by atoms with Crippen LogP contribution in [-0.2, 0) is 16.6 Å². The Bertz CT molecular complexity index is 600. The molecule has 0 aliphatic carbocycles. The van der Waals surface area contributed by atoms with Crippen molar-refractivity contribution >= 4 is 10.2 Å². The molecular weight excluding hydrogens is 312 g/mol. The van der Waals surface area contributed by atoms with Crippen LogP contribution < -0.4 is 0 Å². The predicted molar refractivity (Wildman–Crippen MR) is 90.3 cm³/mol. The molecule has 128 valence electrons. The third-order valence-electron chi connectivity index (χ3n) is 4.91. The van der Waals surface area contributed by atoms with Crippen molar-refractivity contribution in [3.05, 3.63) is 30.1 Å². The van der Waals surface area contributed by atoms with Gasteiger partial charge >= 0.3 is 0 Å². The summed E-state index contributed by atoms with van der Waals surface area (Å²) in [7, 11) is -3.27. The quantitative estimate of drug-likeness (QED) is 0.803. The van der Waals surface area contributed by atoms with Gasteiger partial charge in [-0.25, -0.2) is 0 Å². The summed E-state index contributed by atoms with van der Waals surface area (Å²) < 4.78 is 28.8. The Labute approximate surface area is 139 Å². The van der Waals surface area contributed by atoms with Crippen LogP contribution in [-0.4, -0.2) is 72.2 Å². The molecule has 0 aromatic carbocycles. The topological polar surface area (TPSA) is 56.8 Å². The van der Waals surface area contributed by atoms with E-state index in [2.05, 4.69) is 9.88 Å². The molecule has 1 atom stereocenters. The second-order valence-corrected chi connectivity index (χ2v) is 8.34. The molecule has 1 unspecified atom stereocenters. The Hall–Kier alpha value is -1.02. The zero-order valence-electron chi connectivity index (χ0n) is 13.8. The molecule has 2 aliphatic heterocycles. The predicted octanol–water partition coefficient (Wildman–Crippen LogP) is 0.971. The van der Waals surface area contributed by atoms with Crippen molar-refractivity contribution in [2.45, 2.75) is 32.2 Å². The van der Waals surface area contributed by atoms with Crippen LogP contribution in [0.2, 0.25) is 0 Å². The van der Waals surface area contributed by atoms with E-state index in [4.69, 9.17) is 0 Å². The molecule has 3 rings (SSSR count). The third-order valence-corrected chi connectivity index (χ3v) is 7.06. The van der Waals surface area contributed by atoms with Crippen LogP contribution >= 0.6 is 0 Å². The van der Waals surface area contributed by atoms with Gasteiger partial charge in [0.1, 0.15) is 0 Å². The molecular formula is C16H26N4O2S. The fourth-order valence-corrected chi connectivity index (χ4v) is 5.26. The van der Waals surface area contributed by atoms with Gasteiger partial charge in [0.25, 0.3) is 10.2 Å². The van der Waals surface area contributed by atoms with Crippen molar-refractivity contribution in [1.29, 1.82) is 0 Å². The van der Waals surface area contributed by atoms with Crippen LogP contribution in [0.15, 0.2) is 24.5 Å². The second-order valence-electron chi connectivity index (χ2n) is 6.46. The first-order valence-electron chi connectivity index (χ1n) is 8.45. The number of hydrogen-bond acceptors (Lipinski definition) is 4. The maximum absolute atomic E-state index is 12.7. The molecule has 23 heavy (non-hydrogen) atoms. The average molecular weight is 338 g/mol. The van der Waals surface area contributed by atoms with Crippen LogP contribution in [0.4, 0.5) is 0 Å². The number of pyridine rings is 1. The Kier molecular flexibility index (Phi) is 5.31. The Morgan fingerprint density at radius 1 is 1.13 bits per heavy atom. The summed E-state index contributed by atoms with van der Waals surface area (Å²) in [6.45, 7) is 6.47. The van der Waals surface area contributed by atoms with E-state index in [-0.39, 0.29) is 6.04 Å². The lowest BCUT2D eigenvalue weighted by molar-refractivity contribution is 0.182. The van der Waals surface area contributed by atoms with E-state index >= 15 is 0 Å². The summed E-state index contributed by atoms with van der Waals surface area (Å²) in [5, 5.41) is 0. The summed E-state index contributed by atoms with van der Waals surface area (Å²) in [6.07, 6.45) is 6.57. The van der Waals surface area contributed by atoms with Crippen LogP contribution in [0.3, 0.4) is 0 Å². The first-order chi connectivity index (χ1) is 11.1. The Morgan fingerprint density at radius 3 is 2.43 bits per heavy atom. The molecule has 7 heteroatoms. The highest BCUT2D eigenvalue weighted by Crippen LogP contribution is 2.23. The van der Waals surface area contributed by atoms with Crippen molar-refractivity contribution in [3.63, 3.8) is 0 Å². The number of piperazine rings is 1. The highest BCUT2D eigenvalue weighted by Gasteiger charge is 2.37. The average Bonchev–Trinajstić information content (AvgIpc) is 3.01. The fourth-order valence-electron chi connectivity index (χ4n) is 3.42. The lowest BCUT2D eigenvalue weighted by Gasteiger charge is -2.36. The van der Waals surface area contributed by atoms with Gasteiger partial charge in [0.05, 0.1) is 0 Å². The molecule has 1 aromatic rings. The number of nitrogens with zero attached hydrogens (tertiary/aromatic N) is 4. The summed E-state index contributed by atoms with van der Waals surface area (Å²) in [5.41, 5.74) is 1.28. The number of aromatic nitrogens is 1. The highest BCUT2D eigenvalue weighted by molar-refractivity contribution is 7.86. The Morgan fingerprint density at radius 2 is 1.83 bits per heavy atom. The largest absolute Gasteiger partial charge is 0.300 e. The van der Waals surface area contributed by atoms with E-state index in [0.29, 0.717) is 19.6 Å². The van der Waals surface area contributed by atoms with Gasteiger partial charge in [-0.05, 0) is 43.9 Å². The zero-order valence-corrected chi connectivity index (χ0v) is 14.6. The van der Waals surface area contributed by atoms with Crippen molar-refractivity contribution in [2.75, 3.05) is 39.3 Å². The normalized spacial score (nSPS) is 25.0. The molecule has 0 bridgehead atoms. The summed E-state index contributed by atoms with van der Waals surface area (Å²) in [4.78, 5) is 6.38. The molecule has 0 radical (unpaired) electrons. The first kappa shape index (κ1) is 16.8. The van der Waals surface area contributed by atoms with Crippen molar-refractivity contribution in [3.8, 4) is 0 Å². The minimum atomic E-state index is -3.27. The van der Waals surface area contributed by atoms with Gasteiger partial charge in [-0.2, -0.15) is 17.0 Å². The standard InChI is InChI=1S/C16H26N4O2S/c1-15-3-2-9-20(15)23(21,22)19-13-11-18(12-14-19)10-6-16-4-7-17-8-5-16/h4-5,7-8,15H,2-3,6,9-14H2,1H3. The van der Waals surface area contributed by atoms with Crippen LogP contribution in [0, 0.1) is 0 Å². The fraction of sp³-hybridized carbons (Fsp3) is 0.688. The van der Waals surface area contributed by atoms with Gasteiger partial charge in [-0.3, -0.25) is 4.98 Å². The van der Waals surface area contributed by atoms with Gasteiger partial charge in [-0.15, -0.1) is 0 Å². The van der Waals surface area contributed by atoms with Crippen molar-refractivity contribution in [1.82, 2.24) is 18.5 Å². The summed E-state index contributed by atoms with van der Waals surface area (Å²) in [5.74, 6) is 0. The molecule has 3 heterocycles. The SMILES string of the molecule is CC1CCCN1S(=O)(=O)N1CCN(CCc2ccncc2)CC1. The molecule has 6 nitrogen and oxygen atoms in total. The molecule has 0 amide bonds. The maximum atomic E-state index is 12.7. The summed E-state index contributed by atoms with van der Waals surface area (Å²) >= 11 is 0. The molecule has 0 saturated carbocycles. The van der Waals surface area contributed by atoms with Crippen molar-refractivity contribution < 1.29 is 8.42 Å². The highest BCUT2D eigenvalue weighted by atomic mass is 32.2. The lowest BCUT2D eigenvalue weighted by Crippen LogP contribution is -2.53. The first-order valence-corrected chi connectivity index (χ1v) is 9.85. The van der Waals surface area contributed by atoms with E-state index < -0.39 is 10.2 Å². The monoisotopic (exact) mass is 338 g/mol. The van der Waals surface area contributed by atoms with Gasteiger partial charge < -0.3 is 4.90 Å². The van der Waals surface area contributed by atoms with Gasteiger partial charge in [0.15, 0.2) is 0 Å².